The van der Waals surface area contributed by atoms with E-state index in [0.29, 0.717) is 12.4 Å². The number of hydrogen-bond acceptors (Lipinski definition) is 5. The second-order valence-electron chi connectivity index (χ2n) is 5.70. The van der Waals surface area contributed by atoms with E-state index < -0.39 is 0 Å². The molecule has 2 aromatic rings. The van der Waals surface area contributed by atoms with E-state index in [2.05, 4.69) is 9.88 Å². The second kappa shape index (κ2) is 7.69. The highest BCUT2D eigenvalue weighted by Crippen LogP contribution is 2.32. The van der Waals surface area contributed by atoms with Crippen molar-refractivity contribution < 1.29 is 4.92 Å². The van der Waals surface area contributed by atoms with Crippen LogP contribution in [0.5, 0.6) is 0 Å². The van der Waals surface area contributed by atoms with Crippen LogP contribution in [0.4, 0.5) is 17.2 Å². The minimum Gasteiger partial charge on any atom is -0.321 e. The van der Waals surface area contributed by atoms with Crippen LogP contribution in [0.2, 0.25) is 0 Å². The summed E-state index contributed by atoms with van der Waals surface area (Å²) in [6.07, 6.45) is 0.884. The summed E-state index contributed by atoms with van der Waals surface area (Å²) < 4.78 is 0. The van der Waals surface area contributed by atoms with E-state index in [-0.39, 0.29) is 10.6 Å². The zero-order valence-corrected chi connectivity index (χ0v) is 13.8. The van der Waals surface area contributed by atoms with Gasteiger partial charge in [-0.1, -0.05) is 18.2 Å². The average Bonchev–Trinajstić information content (AvgIpc) is 2.52. The molecule has 0 saturated heterocycles. The summed E-state index contributed by atoms with van der Waals surface area (Å²) in [5.74, 6) is 0.403. The van der Waals surface area contributed by atoms with Gasteiger partial charge in [-0.3, -0.25) is 10.1 Å². The molecule has 0 amide bonds. The Morgan fingerprint density at radius 1 is 1.09 bits per heavy atom. The highest BCUT2D eigenvalue weighted by atomic mass is 16.6. The van der Waals surface area contributed by atoms with Gasteiger partial charge in [0.25, 0.3) is 0 Å². The summed E-state index contributed by atoms with van der Waals surface area (Å²) in [4.78, 5) is 19.5. The Morgan fingerprint density at radius 3 is 2.39 bits per heavy atom. The van der Waals surface area contributed by atoms with Crippen LogP contribution in [0.25, 0.3) is 0 Å². The maximum absolute atomic E-state index is 11.4. The van der Waals surface area contributed by atoms with Crippen molar-refractivity contribution in [3.63, 3.8) is 0 Å². The predicted molar refractivity (Wildman–Crippen MR) is 92.2 cm³/mol. The highest BCUT2D eigenvalue weighted by Gasteiger charge is 2.22. The summed E-state index contributed by atoms with van der Waals surface area (Å²) in [6.45, 7) is 3.42. The summed E-state index contributed by atoms with van der Waals surface area (Å²) in [5, 5.41) is 11.4. The van der Waals surface area contributed by atoms with Crippen molar-refractivity contribution in [1.82, 2.24) is 9.88 Å². The fourth-order valence-electron chi connectivity index (χ4n) is 2.39. The number of rotatable bonds is 7. The average molecular weight is 314 g/mol. The molecule has 122 valence electrons. The number of nitrogens with zero attached hydrogens (tertiary/aromatic N) is 4. The zero-order valence-electron chi connectivity index (χ0n) is 13.8. The Bertz CT molecular complexity index is 659. The Labute approximate surface area is 136 Å². The molecule has 0 N–H and O–H groups in total. The molecule has 0 aliphatic heterocycles. The number of anilines is 2. The van der Waals surface area contributed by atoms with E-state index in [1.807, 2.05) is 56.3 Å². The van der Waals surface area contributed by atoms with Gasteiger partial charge in [0.05, 0.1) is 4.92 Å². The molecule has 1 aromatic carbocycles. The lowest BCUT2D eigenvalue weighted by atomic mass is 10.2. The van der Waals surface area contributed by atoms with Crippen LogP contribution in [0.15, 0.2) is 42.5 Å². The molecule has 6 nitrogen and oxygen atoms in total. The number of aromatic nitrogens is 1. The third-order valence-corrected chi connectivity index (χ3v) is 3.50. The van der Waals surface area contributed by atoms with Gasteiger partial charge in [0, 0.05) is 24.0 Å². The monoisotopic (exact) mass is 314 g/mol. The zero-order chi connectivity index (χ0) is 16.8. The van der Waals surface area contributed by atoms with Crippen molar-refractivity contribution in [2.45, 2.75) is 13.3 Å². The molecule has 1 aromatic heterocycles. The van der Waals surface area contributed by atoms with Crippen LogP contribution in [0.1, 0.15) is 12.1 Å². The first-order valence-electron chi connectivity index (χ1n) is 7.58. The summed E-state index contributed by atoms with van der Waals surface area (Å²) >= 11 is 0. The Hall–Kier alpha value is -2.47. The Balaban J connectivity index is 2.41. The second-order valence-corrected chi connectivity index (χ2v) is 5.70. The van der Waals surface area contributed by atoms with E-state index in [1.165, 1.54) is 6.07 Å². The normalized spacial score (nSPS) is 10.8. The molecule has 0 aliphatic carbocycles. The van der Waals surface area contributed by atoms with E-state index in [4.69, 9.17) is 0 Å². The summed E-state index contributed by atoms with van der Waals surface area (Å²) in [5.41, 5.74) is 1.70. The highest BCUT2D eigenvalue weighted by molar-refractivity contribution is 5.68. The van der Waals surface area contributed by atoms with Gasteiger partial charge < -0.3 is 9.80 Å². The van der Waals surface area contributed by atoms with Crippen LogP contribution in [-0.4, -0.2) is 42.0 Å². The lowest BCUT2D eigenvalue weighted by molar-refractivity contribution is -0.384. The third-order valence-electron chi connectivity index (χ3n) is 3.50. The van der Waals surface area contributed by atoms with Crippen LogP contribution >= 0.6 is 0 Å². The molecule has 23 heavy (non-hydrogen) atoms. The van der Waals surface area contributed by atoms with Crippen LogP contribution < -0.4 is 4.90 Å². The molecule has 0 bridgehead atoms. The molecule has 0 spiro atoms. The van der Waals surface area contributed by atoms with E-state index in [1.54, 1.807) is 6.07 Å². The van der Waals surface area contributed by atoms with Crippen molar-refractivity contribution in [3.8, 4) is 0 Å². The quantitative estimate of drug-likeness (QED) is 0.579. The van der Waals surface area contributed by atoms with E-state index in [9.17, 15) is 10.1 Å². The van der Waals surface area contributed by atoms with Crippen molar-refractivity contribution in [2.75, 3.05) is 32.1 Å². The first kappa shape index (κ1) is 16.9. The van der Waals surface area contributed by atoms with Crippen molar-refractivity contribution in [3.05, 3.63) is 58.3 Å². The van der Waals surface area contributed by atoms with Gasteiger partial charge in [0.1, 0.15) is 0 Å². The molecule has 0 atom stereocenters. The fraction of sp³-hybridized carbons (Fsp3) is 0.353. The summed E-state index contributed by atoms with van der Waals surface area (Å²) in [6, 6.07) is 12.9. The molecule has 0 radical (unpaired) electrons. The van der Waals surface area contributed by atoms with E-state index >= 15 is 0 Å². The van der Waals surface area contributed by atoms with Gasteiger partial charge in [-0.25, -0.2) is 4.98 Å². The SMILES string of the molecule is Cc1ccc([N+](=O)[O-])c(N(CCCN(C)C)c2ccccc2)n1. The number of aryl methyl sites for hydroxylation is 1. The smallest absolute Gasteiger partial charge is 0.311 e. The number of pyridine rings is 1. The molecule has 1 heterocycles. The van der Waals surface area contributed by atoms with Crippen LogP contribution in [-0.2, 0) is 0 Å². The largest absolute Gasteiger partial charge is 0.321 e. The van der Waals surface area contributed by atoms with Gasteiger partial charge in [0.15, 0.2) is 0 Å². The predicted octanol–water partition coefficient (Wildman–Crippen LogP) is 3.39. The number of benzene rings is 1. The molecular formula is C17H22N4O2. The lowest BCUT2D eigenvalue weighted by Gasteiger charge is -2.24. The number of para-hydroxylation sites is 1. The van der Waals surface area contributed by atoms with Gasteiger partial charge in [-0.2, -0.15) is 0 Å². The lowest BCUT2D eigenvalue weighted by Crippen LogP contribution is -2.24. The topological polar surface area (TPSA) is 62.5 Å². The van der Waals surface area contributed by atoms with Crippen LogP contribution in [0.3, 0.4) is 0 Å². The van der Waals surface area contributed by atoms with Gasteiger partial charge in [-0.15, -0.1) is 0 Å². The molecule has 6 heteroatoms. The number of nitro groups is 1. The first-order chi connectivity index (χ1) is 11.0. The minimum absolute atomic E-state index is 0.0318. The van der Waals surface area contributed by atoms with Gasteiger partial charge in [0.2, 0.25) is 5.82 Å². The number of hydrogen-bond donors (Lipinski definition) is 0. The van der Waals surface area contributed by atoms with Crippen molar-refractivity contribution in [1.29, 1.82) is 0 Å². The Morgan fingerprint density at radius 2 is 1.78 bits per heavy atom. The molecular weight excluding hydrogens is 292 g/mol. The standard InChI is InChI=1S/C17H22N4O2/c1-14-10-11-16(21(22)23)17(18-14)20(13-7-12-19(2)3)15-8-5-4-6-9-15/h4-6,8-11H,7,12-13H2,1-3H3. The Kier molecular flexibility index (Phi) is 5.65. The van der Waals surface area contributed by atoms with Gasteiger partial charge >= 0.3 is 5.69 Å². The van der Waals surface area contributed by atoms with Crippen molar-refractivity contribution >= 4 is 17.2 Å². The van der Waals surface area contributed by atoms with Crippen molar-refractivity contribution in [2.24, 2.45) is 0 Å². The maximum Gasteiger partial charge on any atom is 0.311 e. The molecule has 2 rings (SSSR count). The molecule has 0 fully saturated rings. The van der Waals surface area contributed by atoms with Crippen LogP contribution in [0, 0.1) is 17.0 Å². The maximum atomic E-state index is 11.4. The summed E-state index contributed by atoms with van der Waals surface area (Å²) in [7, 11) is 4.03. The fourth-order valence-corrected chi connectivity index (χ4v) is 2.39. The third kappa shape index (κ3) is 4.50. The minimum atomic E-state index is -0.371. The van der Waals surface area contributed by atoms with Gasteiger partial charge in [-0.05, 0) is 52.2 Å². The first-order valence-corrected chi connectivity index (χ1v) is 7.58. The molecule has 0 saturated carbocycles. The van der Waals surface area contributed by atoms with E-state index in [0.717, 1.165) is 24.3 Å². The molecule has 0 unspecified atom stereocenters. The molecule has 0 aliphatic rings.